The highest BCUT2D eigenvalue weighted by atomic mass is 15.0. The van der Waals surface area contributed by atoms with E-state index in [9.17, 15) is 0 Å². The topological polar surface area (TPSA) is 30.2 Å². The predicted octanol–water partition coefficient (Wildman–Crippen LogP) is 6.18. The van der Waals surface area contributed by atoms with Crippen molar-refractivity contribution in [1.29, 1.82) is 0 Å². The van der Waals surface area contributed by atoms with Crippen LogP contribution in [0.3, 0.4) is 0 Å². The fourth-order valence-corrected chi connectivity index (χ4v) is 5.99. The highest BCUT2D eigenvalue weighted by Gasteiger charge is 2.33. The maximum atomic E-state index is 4.91. The Morgan fingerprint density at radius 3 is 2.06 bits per heavy atom. The Morgan fingerprint density at radius 2 is 1.32 bits per heavy atom. The van der Waals surface area contributed by atoms with E-state index in [0.717, 1.165) is 29.5 Å². The lowest BCUT2D eigenvalue weighted by Gasteiger charge is -2.17. The van der Waals surface area contributed by atoms with E-state index in [2.05, 4.69) is 65.2 Å². The molecule has 0 bridgehead atoms. The first-order valence-corrected chi connectivity index (χ1v) is 10.8. The van der Waals surface area contributed by atoms with Gasteiger partial charge in [0.05, 0.1) is 11.0 Å². The molecular weight excluding hydrogens is 378 g/mol. The summed E-state index contributed by atoms with van der Waals surface area (Å²) in [6, 6.07) is 22.0. The molecule has 2 aliphatic carbocycles. The summed E-state index contributed by atoms with van der Waals surface area (Å²) in [6.45, 7) is 0. The summed E-state index contributed by atoms with van der Waals surface area (Å²) in [6.07, 6.45) is 7.78. The second kappa shape index (κ2) is 5.38. The van der Waals surface area contributed by atoms with Crippen molar-refractivity contribution < 1.29 is 0 Å². The van der Waals surface area contributed by atoms with Crippen molar-refractivity contribution in [1.82, 2.24) is 14.4 Å². The first kappa shape index (κ1) is 15.8. The molecular formula is C28H17N3. The van der Waals surface area contributed by atoms with Crippen LogP contribution in [0.2, 0.25) is 0 Å². The molecule has 0 spiro atoms. The van der Waals surface area contributed by atoms with Gasteiger partial charge in [0.1, 0.15) is 5.65 Å². The molecule has 0 saturated carbocycles. The van der Waals surface area contributed by atoms with Gasteiger partial charge in [0.25, 0.3) is 0 Å². The predicted molar refractivity (Wildman–Crippen MR) is 124 cm³/mol. The fraction of sp³-hybridized carbons (Fsp3) is 0.0714. The van der Waals surface area contributed by atoms with Gasteiger partial charge in [-0.25, -0.2) is 4.98 Å². The Hall–Kier alpha value is -3.98. The molecule has 0 aliphatic heterocycles. The normalized spacial score (nSPS) is 13.5. The van der Waals surface area contributed by atoms with Gasteiger partial charge in [-0.15, -0.1) is 0 Å². The molecule has 6 aromatic rings. The summed E-state index contributed by atoms with van der Waals surface area (Å²) in [5.41, 5.74) is 14.4. The van der Waals surface area contributed by atoms with E-state index < -0.39 is 0 Å². The van der Waals surface area contributed by atoms with Crippen LogP contribution >= 0.6 is 0 Å². The lowest BCUT2D eigenvalue weighted by atomic mass is 9.88. The first-order chi connectivity index (χ1) is 15.4. The average Bonchev–Trinajstić information content (AvgIpc) is 3.53. The van der Waals surface area contributed by atoms with Crippen molar-refractivity contribution in [2.45, 2.75) is 12.8 Å². The van der Waals surface area contributed by atoms with Crippen LogP contribution in [0.5, 0.6) is 0 Å². The molecule has 3 heteroatoms. The van der Waals surface area contributed by atoms with E-state index in [1.807, 2.05) is 18.5 Å². The zero-order chi connectivity index (χ0) is 20.1. The van der Waals surface area contributed by atoms with E-state index in [1.165, 1.54) is 55.3 Å². The van der Waals surface area contributed by atoms with Gasteiger partial charge in [-0.2, -0.15) is 0 Å². The standard InChI is InChI=1S/C28H17N3/c1-3-8-18-16(6-1)14-20-23(18)24-19-9-4-2-7-17(19)15-21(24)26-25(20)27-22(10-5-11-29-27)31-13-12-30-28(26)31/h1-13H,14-15H2. The molecule has 0 amide bonds. The SMILES string of the molecule is c1ccc2c(c1)Cc1c-2c2c(c3c1c1ncccc1n1ccnc31)Cc1ccccc1-2. The highest BCUT2D eigenvalue weighted by molar-refractivity contribution is 6.19. The minimum atomic E-state index is 0.943. The van der Waals surface area contributed by atoms with Crippen molar-refractivity contribution in [3.8, 4) is 22.3 Å². The van der Waals surface area contributed by atoms with Gasteiger partial charge in [-0.05, 0) is 69.5 Å². The molecule has 144 valence electrons. The van der Waals surface area contributed by atoms with Crippen molar-refractivity contribution in [3.05, 3.63) is 102 Å². The number of nitrogens with zero attached hydrogens (tertiary/aromatic N) is 3. The molecule has 3 nitrogen and oxygen atoms in total. The van der Waals surface area contributed by atoms with E-state index in [4.69, 9.17) is 9.97 Å². The lowest BCUT2D eigenvalue weighted by molar-refractivity contribution is 1.22. The van der Waals surface area contributed by atoms with Gasteiger partial charge in [0.15, 0.2) is 0 Å². The Morgan fingerprint density at radius 1 is 0.645 bits per heavy atom. The minimum absolute atomic E-state index is 0.943. The van der Waals surface area contributed by atoms with E-state index in [1.54, 1.807) is 0 Å². The quantitative estimate of drug-likeness (QED) is 0.287. The van der Waals surface area contributed by atoms with Crippen LogP contribution in [0.15, 0.2) is 79.3 Å². The van der Waals surface area contributed by atoms with Crippen LogP contribution in [-0.2, 0) is 12.8 Å². The molecule has 2 aliphatic rings. The van der Waals surface area contributed by atoms with Crippen LogP contribution in [0, 0.1) is 0 Å². The molecule has 0 unspecified atom stereocenters. The number of fused-ring (bicyclic) bond motifs is 15. The molecule has 3 aromatic carbocycles. The molecule has 0 radical (unpaired) electrons. The Kier molecular flexibility index (Phi) is 2.74. The largest absolute Gasteiger partial charge is 0.298 e. The summed E-state index contributed by atoms with van der Waals surface area (Å²) < 4.78 is 2.21. The summed E-state index contributed by atoms with van der Waals surface area (Å²) >= 11 is 0. The van der Waals surface area contributed by atoms with E-state index >= 15 is 0 Å². The number of pyridine rings is 2. The van der Waals surface area contributed by atoms with Crippen molar-refractivity contribution in [3.63, 3.8) is 0 Å². The van der Waals surface area contributed by atoms with Gasteiger partial charge in [-0.3, -0.25) is 9.38 Å². The van der Waals surface area contributed by atoms with E-state index in [0.29, 0.717) is 0 Å². The summed E-state index contributed by atoms with van der Waals surface area (Å²) in [5.74, 6) is 0. The molecule has 0 N–H and O–H groups in total. The summed E-state index contributed by atoms with van der Waals surface area (Å²) in [4.78, 5) is 9.75. The van der Waals surface area contributed by atoms with Crippen LogP contribution in [0.1, 0.15) is 22.3 Å². The third-order valence-electron chi connectivity index (χ3n) is 7.16. The molecule has 31 heavy (non-hydrogen) atoms. The maximum Gasteiger partial charge on any atom is 0.145 e. The van der Waals surface area contributed by atoms with Gasteiger partial charge in [-0.1, -0.05) is 48.5 Å². The van der Waals surface area contributed by atoms with Crippen LogP contribution in [0.25, 0.3) is 49.7 Å². The molecule has 0 fully saturated rings. The summed E-state index contributed by atoms with van der Waals surface area (Å²) in [7, 11) is 0. The number of aromatic nitrogens is 3. The van der Waals surface area contributed by atoms with Crippen molar-refractivity contribution >= 4 is 27.5 Å². The second-order valence-corrected chi connectivity index (χ2v) is 8.62. The monoisotopic (exact) mass is 395 g/mol. The van der Waals surface area contributed by atoms with Gasteiger partial charge in [0.2, 0.25) is 0 Å². The number of hydrogen-bond donors (Lipinski definition) is 0. The fourth-order valence-electron chi connectivity index (χ4n) is 5.99. The molecule has 0 atom stereocenters. The Balaban J connectivity index is 1.71. The first-order valence-electron chi connectivity index (χ1n) is 10.8. The van der Waals surface area contributed by atoms with Crippen LogP contribution in [0.4, 0.5) is 0 Å². The molecule has 8 rings (SSSR count). The lowest BCUT2D eigenvalue weighted by Crippen LogP contribution is -1.99. The number of benzene rings is 3. The minimum Gasteiger partial charge on any atom is -0.298 e. The van der Waals surface area contributed by atoms with E-state index in [-0.39, 0.29) is 0 Å². The van der Waals surface area contributed by atoms with Crippen LogP contribution < -0.4 is 0 Å². The van der Waals surface area contributed by atoms with Gasteiger partial charge < -0.3 is 0 Å². The number of rotatable bonds is 0. The smallest absolute Gasteiger partial charge is 0.145 e. The number of imidazole rings is 1. The Bertz CT molecular complexity index is 1740. The van der Waals surface area contributed by atoms with Crippen molar-refractivity contribution in [2.24, 2.45) is 0 Å². The molecule has 0 saturated heterocycles. The van der Waals surface area contributed by atoms with Gasteiger partial charge >= 0.3 is 0 Å². The highest BCUT2D eigenvalue weighted by Crippen LogP contribution is 2.54. The molecule has 3 aromatic heterocycles. The maximum absolute atomic E-state index is 4.91. The third kappa shape index (κ3) is 1.81. The number of hydrogen-bond acceptors (Lipinski definition) is 2. The van der Waals surface area contributed by atoms with Gasteiger partial charge in [0, 0.05) is 29.4 Å². The average molecular weight is 395 g/mol. The van der Waals surface area contributed by atoms with Crippen LogP contribution in [-0.4, -0.2) is 14.4 Å². The zero-order valence-electron chi connectivity index (χ0n) is 16.8. The molecule has 3 heterocycles. The second-order valence-electron chi connectivity index (χ2n) is 8.62. The summed E-state index contributed by atoms with van der Waals surface area (Å²) in [5, 5.41) is 2.56. The third-order valence-corrected chi connectivity index (χ3v) is 7.16. The zero-order valence-corrected chi connectivity index (χ0v) is 16.8. The Labute approximate surface area is 178 Å². The van der Waals surface area contributed by atoms with Crippen molar-refractivity contribution in [2.75, 3.05) is 0 Å².